The molecule has 8 heteroatoms. The summed E-state index contributed by atoms with van der Waals surface area (Å²) in [5, 5.41) is 0. The van der Waals surface area contributed by atoms with Crippen LogP contribution in [0.25, 0.3) is 0 Å². The second-order valence-electron chi connectivity index (χ2n) is 6.99. The fourth-order valence-electron chi connectivity index (χ4n) is 3.37. The molecule has 1 fully saturated rings. The normalized spacial score (nSPS) is 15.2. The number of quaternary nitrogens is 1. The van der Waals surface area contributed by atoms with E-state index in [9.17, 15) is 13.2 Å². The van der Waals surface area contributed by atoms with Crippen LogP contribution in [0.15, 0.2) is 53.4 Å². The Morgan fingerprint density at radius 2 is 1.66 bits per heavy atom. The number of carbonyl (C=O) groups excluding carboxylic acids is 1. The Kier molecular flexibility index (Phi) is 6.76. The molecular weight excluding hydrogens is 390 g/mol. The minimum Gasteiger partial charge on any atom is -0.462 e. The predicted molar refractivity (Wildman–Crippen MR) is 113 cm³/mol. The van der Waals surface area contributed by atoms with Crippen LogP contribution >= 0.6 is 0 Å². The van der Waals surface area contributed by atoms with Gasteiger partial charge in [-0.3, -0.25) is 4.72 Å². The van der Waals surface area contributed by atoms with Crippen molar-refractivity contribution in [3.63, 3.8) is 0 Å². The molecular formula is C21H28N3O4S+. The number of sulfonamides is 1. The monoisotopic (exact) mass is 418 g/mol. The number of benzene rings is 2. The van der Waals surface area contributed by atoms with Crippen LogP contribution in [0.3, 0.4) is 0 Å². The largest absolute Gasteiger partial charge is 0.462 e. The minimum absolute atomic E-state index is 0.0910. The lowest BCUT2D eigenvalue weighted by atomic mass is 10.2. The van der Waals surface area contributed by atoms with Gasteiger partial charge in [0.2, 0.25) is 0 Å². The second kappa shape index (κ2) is 9.28. The zero-order valence-corrected chi connectivity index (χ0v) is 17.7. The summed E-state index contributed by atoms with van der Waals surface area (Å²) in [5.41, 5.74) is 1.92. The summed E-state index contributed by atoms with van der Waals surface area (Å²) in [5.74, 6) is -0.471. The first kappa shape index (κ1) is 21.1. The van der Waals surface area contributed by atoms with Crippen LogP contribution in [0.5, 0.6) is 0 Å². The Bertz CT molecular complexity index is 919. The molecule has 1 aliphatic rings. The van der Waals surface area contributed by atoms with Gasteiger partial charge >= 0.3 is 5.97 Å². The quantitative estimate of drug-likeness (QED) is 0.665. The average molecular weight is 419 g/mol. The summed E-state index contributed by atoms with van der Waals surface area (Å²) in [4.78, 5) is 15.7. The number of hydrogen-bond donors (Lipinski definition) is 2. The molecule has 0 bridgehead atoms. The van der Waals surface area contributed by atoms with Gasteiger partial charge in [0.05, 0.1) is 49.8 Å². The molecule has 0 radical (unpaired) electrons. The molecule has 1 heterocycles. The van der Waals surface area contributed by atoms with Gasteiger partial charge in [-0.05, 0) is 62.4 Å². The standard InChI is InChI=1S/C21H27N3O4S/c1-3-23-13-15-24(16-14-23)19-9-7-18(8-10-19)22-29(26,27)20-11-5-17(6-12-20)21(25)28-4-2/h5-12,22H,3-4,13-16H2,1-2H3/p+1. The summed E-state index contributed by atoms with van der Waals surface area (Å²) in [6.45, 7) is 9.58. The Balaban J connectivity index is 1.65. The third kappa shape index (κ3) is 5.27. The van der Waals surface area contributed by atoms with E-state index in [1.165, 1.54) is 24.3 Å². The van der Waals surface area contributed by atoms with Crippen molar-refractivity contribution in [1.82, 2.24) is 0 Å². The molecule has 2 aromatic rings. The lowest BCUT2D eigenvalue weighted by Crippen LogP contribution is -3.14. The highest BCUT2D eigenvalue weighted by atomic mass is 32.2. The first-order valence-electron chi connectivity index (χ1n) is 9.91. The molecule has 2 aromatic carbocycles. The van der Waals surface area contributed by atoms with Crippen molar-refractivity contribution < 1.29 is 22.8 Å². The number of rotatable bonds is 7. The van der Waals surface area contributed by atoms with Crippen molar-refractivity contribution in [3.8, 4) is 0 Å². The van der Waals surface area contributed by atoms with Crippen molar-refractivity contribution in [2.24, 2.45) is 0 Å². The maximum atomic E-state index is 12.6. The molecule has 0 atom stereocenters. The Morgan fingerprint density at radius 1 is 1.03 bits per heavy atom. The predicted octanol–water partition coefficient (Wildman–Crippen LogP) is 1.39. The van der Waals surface area contributed by atoms with Crippen molar-refractivity contribution in [2.45, 2.75) is 18.7 Å². The van der Waals surface area contributed by atoms with E-state index in [1.807, 2.05) is 12.1 Å². The molecule has 7 nitrogen and oxygen atoms in total. The molecule has 2 N–H and O–H groups in total. The maximum absolute atomic E-state index is 12.6. The van der Waals surface area contributed by atoms with Gasteiger partial charge in [0, 0.05) is 11.4 Å². The van der Waals surface area contributed by atoms with E-state index in [0.29, 0.717) is 11.3 Å². The number of hydrogen-bond acceptors (Lipinski definition) is 5. The van der Waals surface area contributed by atoms with Gasteiger partial charge in [0.25, 0.3) is 10.0 Å². The molecule has 1 aliphatic heterocycles. The van der Waals surface area contributed by atoms with Gasteiger partial charge in [-0.1, -0.05) is 0 Å². The van der Waals surface area contributed by atoms with Crippen LogP contribution < -0.4 is 14.5 Å². The van der Waals surface area contributed by atoms with Gasteiger partial charge in [0.1, 0.15) is 0 Å². The molecule has 1 saturated heterocycles. The topological polar surface area (TPSA) is 80.1 Å². The van der Waals surface area contributed by atoms with Crippen molar-refractivity contribution in [1.29, 1.82) is 0 Å². The van der Waals surface area contributed by atoms with Crippen LogP contribution in [-0.2, 0) is 14.8 Å². The van der Waals surface area contributed by atoms with Crippen LogP contribution in [0.2, 0.25) is 0 Å². The smallest absolute Gasteiger partial charge is 0.338 e. The summed E-state index contributed by atoms with van der Waals surface area (Å²) < 4.78 is 32.7. The van der Waals surface area contributed by atoms with Gasteiger partial charge in [-0.2, -0.15) is 0 Å². The van der Waals surface area contributed by atoms with Crippen LogP contribution in [0.1, 0.15) is 24.2 Å². The highest BCUT2D eigenvalue weighted by molar-refractivity contribution is 7.92. The third-order valence-corrected chi connectivity index (χ3v) is 6.53. The zero-order chi connectivity index (χ0) is 20.9. The van der Waals surface area contributed by atoms with Crippen molar-refractivity contribution in [2.75, 3.05) is 49.0 Å². The summed E-state index contributed by atoms with van der Waals surface area (Å²) >= 11 is 0. The summed E-state index contributed by atoms with van der Waals surface area (Å²) in [7, 11) is -3.74. The van der Waals surface area contributed by atoms with E-state index in [1.54, 1.807) is 24.0 Å². The fourth-order valence-corrected chi connectivity index (χ4v) is 4.43. The SMILES string of the molecule is CCOC(=O)c1ccc(S(=O)(=O)Nc2ccc(N3CC[NH+](CC)CC3)cc2)cc1. The highest BCUT2D eigenvalue weighted by Gasteiger charge is 2.19. The van der Waals surface area contributed by atoms with Gasteiger partial charge in [0.15, 0.2) is 0 Å². The number of piperazine rings is 1. The minimum atomic E-state index is -3.74. The molecule has 0 aliphatic carbocycles. The number of carbonyl (C=O) groups is 1. The van der Waals surface area contributed by atoms with E-state index >= 15 is 0 Å². The van der Waals surface area contributed by atoms with E-state index in [4.69, 9.17) is 4.74 Å². The van der Waals surface area contributed by atoms with E-state index < -0.39 is 16.0 Å². The van der Waals surface area contributed by atoms with Gasteiger partial charge in [-0.25, -0.2) is 13.2 Å². The van der Waals surface area contributed by atoms with Crippen molar-refractivity contribution in [3.05, 3.63) is 54.1 Å². The molecule has 0 unspecified atom stereocenters. The molecule has 0 amide bonds. The average Bonchev–Trinajstić information content (AvgIpc) is 2.74. The fraction of sp³-hybridized carbons (Fsp3) is 0.381. The Hall–Kier alpha value is -2.58. The van der Waals surface area contributed by atoms with E-state index in [-0.39, 0.29) is 11.5 Å². The number of nitrogens with one attached hydrogen (secondary N) is 2. The summed E-state index contributed by atoms with van der Waals surface area (Å²) in [6.07, 6.45) is 0. The number of likely N-dealkylation sites (N-methyl/N-ethyl adjacent to an activating group) is 1. The molecule has 29 heavy (non-hydrogen) atoms. The van der Waals surface area contributed by atoms with E-state index in [0.717, 1.165) is 38.4 Å². The first-order valence-corrected chi connectivity index (χ1v) is 11.4. The number of ether oxygens (including phenoxy) is 1. The third-order valence-electron chi connectivity index (χ3n) is 5.13. The number of esters is 1. The molecule has 3 rings (SSSR count). The van der Waals surface area contributed by atoms with Crippen LogP contribution in [0, 0.1) is 0 Å². The second-order valence-corrected chi connectivity index (χ2v) is 8.67. The van der Waals surface area contributed by atoms with Gasteiger partial charge in [-0.15, -0.1) is 0 Å². The number of anilines is 2. The van der Waals surface area contributed by atoms with E-state index in [2.05, 4.69) is 16.5 Å². The number of nitrogens with zero attached hydrogens (tertiary/aromatic N) is 1. The highest BCUT2D eigenvalue weighted by Crippen LogP contribution is 2.21. The summed E-state index contributed by atoms with van der Waals surface area (Å²) in [6, 6.07) is 13.1. The zero-order valence-electron chi connectivity index (χ0n) is 16.8. The molecule has 0 saturated carbocycles. The molecule has 156 valence electrons. The Labute approximate surface area is 172 Å². The lowest BCUT2D eigenvalue weighted by Gasteiger charge is -2.33. The maximum Gasteiger partial charge on any atom is 0.338 e. The molecule has 0 aromatic heterocycles. The van der Waals surface area contributed by atoms with Crippen LogP contribution in [0.4, 0.5) is 11.4 Å². The lowest BCUT2D eigenvalue weighted by molar-refractivity contribution is -0.898. The van der Waals surface area contributed by atoms with Crippen molar-refractivity contribution >= 4 is 27.4 Å². The molecule has 0 spiro atoms. The van der Waals surface area contributed by atoms with Crippen LogP contribution in [-0.4, -0.2) is 53.7 Å². The first-order chi connectivity index (χ1) is 13.9. The van der Waals surface area contributed by atoms with Gasteiger partial charge < -0.3 is 14.5 Å². The Morgan fingerprint density at radius 3 is 2.21 bits per heavy atom.